The van der Waals surface area contributed by atoms with E-state index in [1.165, 1.54) is 0 Å². The summed E-state index contributed by atoms with van der Waals surface area (Å²) in [6.45, 7) is 2.13. The molecule has 18 heavy (non-hydrogen) atoms. The highest BCUT2D eigenvalue weighted by molar-refractivity contribution is 5.80. The Hall–Kier alpha value is -2.14. The van der Waals surface area contributed by atoms with Crippen LogP contribution in [0.2, 0.25) is 0 Å². The zero-order valence-corrected chi connectivity index (χ0v) is 10.2. The topological polar surface area (TPSA) is 72.9 Å². The zero-order valence-electron chi connectivity index (χ0n) is 10.2. The summed E-state index contributed by atoms with van der Waals surface area (Å²) in [6.07, 6.45) is 3.60. The molecule has 1 heterocycles. The van der Waals surface area contributed by atoms with Gasteiger partial charge >= 0.3 is 0 Å². The molecule has 5 nitrogen and oxygen atoms in total. The van der Waals surface area contributed by atoms with E-state index in [1.54, 1.807) is 17.8 Å². The van der Waals surface area contributed by atoms with Crippen molar-refractivity contribution in [2.45, 2.75) is 19.5 Å². The first-order chi connectivity index (χ1) is 8.66. The van der Waals surface area contributed by atoms with Gasteiger partial charge in [-0.1, -0.05) is 12.1 Å². The molecular formula is C13H16N4O. The Morgan fingerprint density at radius 1 is 1.50 bits per heavy atom. The second-order valence-electron chi connectivity index (χ2n) is 4.13. The Bertz CT molecular complexity index is 520. The van der Waals surface area contributed by atoms with E-state index in [1.807, 2.05) is 36.5 Å². The van der Waals surface area contributed by atoms with Gasteiger partial charge in [0, 0.05) is 18.9 Å². The number of hydrogen-bond donors (Lipinski definition) is 2. The Labute approximate surface area is 106 Å². The summed E-state index contributed by atoms with van der Waals surface area (Å²) in [4.78, 5) is 11.4. The third kappa shape index (κ3) is 2.95. The lowest BCUT2D eigenvalue weighted by Crippen LogP contribution is -2.37. The maximum Gasteiger partial charge on any atom is 0.236 e. The van der Waals surface area contributed by atoms with Gasteiger partial charge in [0.15, 0.2) is 0 Å². The standard InChI is InChI=1S/C13H16N4O/c1-10(14)13(18)15-9-11-4-2-5-12(8-11)17-7-3-6-16-17/h2-8,10H,9,14H2,1H3,(H,15,18). The van der Waals surface area contributed by atoms with Crippen LogP contribution in [0, 0.1) is 0 Å². The van der Waals surface area contributed by atoms with E-state index in [9.17, 15) is 4.79 Å². The number of rotatable bonds is 4. The van der Waals surface area contributed by atoms with E-state index in [2.05, 4.69) is 10.4 Å². The van der Waals surface area contributed by atoms with Crippen LogP contribution in [-0.4, -0.2) is 21.7 Å². The summed E-state index contributed by atoms with van der Waals surface area (Å²) in [5.41, 5.74) is 7.46. The van der Waals surface area contributed by atoms with Crippen LogP contribution in [0.4, 0.5) is 0 Å². The largest absolute Gasteiger partial charge is 0.351 e. The molecule has 1 aromatic heterocycles. The third-order valence-corrected chi connectivity index (χ3v) is 2.56. The summed E-state index contributed by atoms with van der Waals surface area (Å²) >= 11 is 0. The van der Waals surface area contributed by atoms with Crippen LogP contribution >= 0.6 is 0 Å². The van der Waals surface area contributed by atoms with Crippen molar-refractivity contribution in [1.29, 1.82) is 0 Å². The van der Waals surface area contributed by atoms with Crippen LogP contribution < -0.4 is 11.1 Å². The molecule has 1 atom stereocenters. The highest BCUT2D eigenvalue weighted by Gasteiger charge is 2.06. The lowest BCUT2D eigenvalue weighted by Gasteiger charge is -2.09. The Morgan fingerprint density at radius 2 is 2.33 bits per heavy atom. The predicted octanol–water partition coefficient (Wildman–Crippen LogP) is 0.836. The monoisotopic (exact) mass is 244 g/mol. The molecule has 3 N–H and O–H groups in total. The van der Waals surface area contributed by atoms with Gasteiger partial charge in [-0.25, -0.2) is 4.68 Å². The van der Waals surface area contributed by atoms with Gasteiger partial charge in [-0.15, -0.1) is 0 Å². The normalized spacial score (nSPS) is 12.1. The molecular weight excluding hydrogens is 228 g/mol. The second kappa shape index (κ2) is 5.46. The fraction of sp³-hybridized carbons (Fsp3) is 0.231. The Kier molecular flexibility index (Phi) is 3.74. The second-order valence-corrected chi connectivity index (χ2v) is 4.13. The highest BCUT2D eigenvalue weighted by atomic mass is 16.2. The van der Waals surface area contributed by atoms with Gasteiger partial charge in [0.1, 0.15) is 0 Å². The summed E-state index contributed by atoms with van der Waals surface area (Å²) in [7, 11) is 0. The first-order valence-corrected chi connectivity index (χ1v) is 5.79. The lowest BCUT2D eigenvalue weighted by atomic mass is 10.2. The van der Waals surface area contributed by atoms with Crippen LogP contribution in [0.3, 0.4) is 0 Å². The van der Waals surface area contributed by atoms with E-state index in [-0.39, 0.29) is 5.91 Å². The van der Waals surface area contributed by atoms with Crippen LogP contribution in [-0.2, 0) is 11.3 Å². The number of nitrogens with two attached hydrogens (primary N) is 1. The van der Waals surface area contributed by atoms with E-state index < -0.39 is 6.04 Å². The SMILES string of the molecule is CC(N)C(=O)NCc1cccc(-n2cccn2)c1. The highest BCUT2D eigenvalue weighted by Crippen LogP contribution is 2.09. The molecule has 2 rings (SSSR count). The minimum atomic E-state index is -0.487. The fourth-order valence-electron chi connectivity index (χ4n) is 1.58. The first-order valence-electron chi connectivity index (χ1n) is 5.79. The lowest BCUT2D eigenvalue weighted by molar-refractivity contribution is -0.122. The molecule has 2 aromatic rings. The number of nitrogens with zero attached hydrogens (tertiary/aromatic N) is 2. The first kappa shape index (κ1) is 12.3. The summed E-state index contributed by atoms with van der Waals surface area (Å²) in [5, 5.41) is 6.94. The minimum Gasteiger partial charge on any atom is -0.351 e. The van der Waals surface area contributed by atoms with Crippen molar-refractivity contribution in [2.75, 3.05) is 0 Å². The fourth-order valence-corrected chi connectivity index (χ4v) is 1.58. The molecule has 1 unspecified atom stereocenters. The molecule has 0 spiro atoms. The van der Waals surface area contributed by atoms with Gasteiger partial charge in [-0.2, -0.15) is 5.10 Å². The summed E-state index contributed by atoms with van der Waals surface area (Å²) in [5.74, 6) is -0.153. The minimum absolute atomic E-state index is 0.153. The molecule has 0 aliphatic carbocycles. The van der Waals surface area contributed by atoms with Crippen molar-refractivity contribution in [1.82, 2.24) is 15.1 Å². The molecule has 0 fully saturated rings. The molecule has 0 radical (unpaired) electrons. The maximum absolute atomic E-state index is 11.4. The van der Waals surface area contributed by atoms with Gasteiger partial charge in [0.05, 0.1) is 11.7 Å². The Balaban J connectivity index is 2.06. The molecule has 1 amide bonds. The van der Waals surface area contributed by atoms with E-state index in [0.29, 0.717) is 6.54 Å². The number of nitrogens with one attached hydrogen (secondary N) is 1. The molecule has 5 heteroatoms. The number of carbonyl (C=O) groups excluding carboxylic acids is 1. The number of amides is 1. The predicted molar refractivity (Wildman–Crippen MR) is 69.1 cm³/mol. The average Bonchev–Trinajstić information content (AvgIpc) is 2.90. The van der Waals surface area contributed by atoms with Gasteiger partial charge in [0.25, 0.3) is 0 Å². The van der Waals surface area contributed by atoms with E-state index in [0.717, 1.165) is 11.3 Å². The Morgan fingerprint density at radius 3 is 3.00 bits per heavy atom. The van der Waals surface area contributed by atoms with Crippen LogP contribution in [0.15, 0.2) is 42.7 Å². The average molecular weight is 244 g/mol. The van der Waals surface area contributed by atoms with Crippen molar-refractivity contribution >= 4 is 5.91 Å². The molecule has 0 bridgehead atoms. The van der Waals surface area contributed by atoms with Gasteiger partial charge in [0.2, 0.25) is 5.91 Å². The zero-order chi connectivity index (χ0) is 13.0. The van der Waals surface area contributed by atoms with Crippen molar-refractivity contribution < 1.29 is 4.79 Å². The summed E-state index contributed by atoms with van der Waals surface area (Å²) < 4.78 is 1.77. The molecule has 1 aromatic carbocycles. The van der Waals surface area contributed by atoms with Crippen LogP contribution in [0.25, 0.3) is 5.69 Å². The van der Waals surface area contributed by atoms with E-state index >= 15 is 0 Å². The van der Waals surface area contributed by atoms with Crippen molar-refractivity contribution in [3.63, 3.8) is 0 Å². The van der Waals surface area contributed by atoms with Gasteiger partial charge in [-0.05, 0) is 30.7 Å². The van der Waals surface area contributed by atoms with Gasteiger partial charge in [-0.3, -0.25) is 4.79 Å². The third-order valence-electron chi connectivity index (χ3n) is 2.56. The molecule has 94 valence electrons. The number of hydrogen-bond acceptors (Lipinski definition) is 3. The van der Waals surface area contributed by atoms with Crippen LogP contribution in [0.5, 0.6) is 0 Å². The quantitative estimate of drug-likeness (QED) is 0.837. The molecule has 0 aliphatic heterocycles. The molecule has 0 aliphatic rings. The molecule has 0 saturated heterocycles. The number of benzene rings is 1. The van der Waals surface area contributed by atoms with Crippen molar-refractivity contribution in [3.8, 4) is 5.69 Å². The van der Waals surface area contributed by atoms with E-state index in [4.69, 9.17) is 5.73 Å². The van der Waals surface area contributed by atoms with Crippen LogP contribution in [0.1, 0.15) is 12.5 Å². The van der Waals surface area contributed by atoms with Crippen molar-refractivity contribution in [3.05, 3.63) is 48.3 Å². The van der Waals surface area contributed by atoms with Gasteiger partial charge < -0.3 is 11.1 Å². The summed E-state index contributed by atoms with van der Waals surface area (Å²) in [6, 6.07) is 9.21. The smallest absolute Gasteiger partial charge is 0.236 e. The number of carbonyl (C=O) groups is 1. The van der Waals surface area contributed by atoms with Crippen molar-refractivity contribution in [2.24, 2.45) is 5.73 Å². The molecule has 0 saturated carbocycles. The maximum atomic E-state index is 11.4. The number of aromatic nitrogens is 2.